The van der Waals surface area contributed by atoms with Gasteiger partial charge in [-0.1, -0.05) is 12.1 Å². The molecule has 4 nitrogen and oxygen atoms in total. The van der Waals surface area contributed by atoms with Gasteiger partial charge in [-0.15, -0.1) is 0 Å². The van der Waals surface area contributed by atoms with Gasteiger partial charge >= 0.3 is 0 Å². The molecule has 17 heavy (non-hydrogen) atoms. The highest BCUT2D eigenvalue weighted by Gasteiger charge is 2.23. The first-order chi connectivity index (χ1) is 7.80. The van der Waals surface area contributed by atoms with Crippen LogP contribution in [0.1, 0.15) is 26.3 Å². The Morgan fingerprint density at radius 3 is 2.35 bits per heavy atom. The molecule has 0 heterocycles. The number of carbonyl (C=O) groups excluding carboxylic acids is 1. The number of benzene rings is 1. The topological polar surface area (TPSA) is 61.7 Å². The third kappa shape index (κ3) is 3.96. The largest absolute Gasteiger partial charge is 0.381 e. The minimum atomic E-state index is -1.48. The molecule has 1 aromatic carbocycles. The second-order valence-electron chi connectivity index (χ2n) is 4.20. The number of aliphatic hydroxyl groups is 1. The zero-order chi connectivity index (χ0) is 13.1. The predicted octanol–water partition coefficient (Wildman–Crippen LogP) is 1.44. The Kier molecular flexibility index (Phi) is 3.96. The van der Waals surface area contributed by atoms with Crippen molar-refractivity contribution in [3.05, 3.63) is 35.6 Å². The van der Waals surface area contributed by atoms with Gasteiger partial charge in [-0.25, -0.2) is 9.82 Å². The molecule has 5 heteroatoms. The highest BCUT2D eigenvalue weighted by atomic mass is 19.1. The molecule has 1 amide bonds. The van der Waals surface area contributed by atoms with Crippen molar-refractivity contribution >= 4 is 11.6 Å². The molecule has 0 saturated heterocycles. The smallest absolute Gasteiger partial charge is 0.271 e. The van der Waals surface area contributed by atoms with Crippen molar-refractivity contribution in [1.29, 1.82) is 0 Å². The number of nitrogens with zero attached hydrogens (tertiary/aromatic N) is 1. The van der Waals surface area contributed by atoms with Gasteiger partial charge in [0.2, 0.25) is 0 Å². The van der Waals surface area contributed by atoms with Crippen LogP contribution in [0.25, 0.3) is 0 Å². The van der Waals surface area contributed by atoms with Gasteiger partial charge in [-0.3, -0.25) is 4.79 Å². The molecule has 92 valence electrons. The van der Waals surface area contributed by atoms with E-state index >= 15 is 0 Å². The molecule has 0 aliphatic carbocycles. The standard InChI is InChI=1S/C12H15FN2O2/c1-8(9-4-6-10(13)7-5-9)14-15-11(16)12(2,3)17/h4-7,17H,1-3H3,(H,15,16). The van der Waals surface area contributed by atoms with Gasteiger partial charge in [-0.2, -0.15) is 5.10 Å². The van der Waals surface area contributed by atoms with Gasteiger partial charge in [0.25, 0.3) is 5.91 Å². The fourth-order valence-electron chi connectivity index (χ4n) is 1.03. The number of hydrazone groups is 1. The SMILES string of the molecule is CC(=NNC(=O)C(C)(C)O)c1ccc(F)cc1. The first-order valence-electron chi connectivity index (χ1n) is 5.14. The highest BCUT2D eigenvalue weighted by Crippen LogP contribution is 2.04. The number of hydrogen-bond acceptors (Lipinski definition) is 3. The van der Waals surface area contributed by atoms with Crippen LogP contribution in [0.2, 0.25) is 0 Å². The van der Waals surface area contributed by atoms with E-state index in [9.17, 15) is 14.3 Å². The van der Waals surface area contributed by atoms with Crippen LogP contribution in [0.15, 0.2) is 29.4 Å². The zero-order valence-corrected chi connectivity index (χ0v) is 9.99. The van der Waals surface area contributed by atoms with E-state index in [1.807, 2.05) is 0 Å². The van der Waals surface area contributed by atoms with Crippen molar-refractivity contribution in [3.8, 4) is 0 Å². The van der Waals surface area contributed by atoms with Gasteiger partial charge in [0.15, 0.2) is 0 Å². The van der Waals surface area contributed by atoms with Crippen molar-refractivity contribution in [2.75, 3.05) is 0 Å². The lowest BCUT2D eigenvalue weighted by atomic mass is 10.1. The molecule has 0 fully saturated rings. The average molecular weight is 238 g/mol. The number of carbonyl (C=O) groups is 1. The Balaban J connectivity index is 2.74. The molecule has 0 unspecified atom stereocenters. The van der Waals surface area contributed by atoms with Crippen molar-refractivity contribution in [2.45, 2.75) is 26.4 Å². The van der Waals surface area contributed by atoms with E-state index in [1.165, 1.54) is 26.0 Å². The molecule has 1 rings (SSSR count). The first-order valence-corrected chi connectivity index (χ1v) is 5.14. The second-order valence-corrected chi connectivity index (χ2v) is 4.20. The van der Waals surface area contributed by atoms with Gasteiger partial charge < -0.3 is 5.11 Å². The number of hydrogen-bond donors (Lipinski definition) is 2. The van der Waals surface area contributed by atoms with Gasteiger partial charge in [0.1, 0.15) is 11.4 Å². The van der Waals surface area contributed by atoms with Crippen LogP contribution in [0, 0.1) is 5.82 Å². The summed E-state index contributed by atoms with van der Waals surface area (Å²) in [7, 11) is 0. The maximum atomic E-state index is 12.7. The van der Waals surface area contributed by atoms with Gasteiger partial charge in [0, 0.05) is 0 Å². The number of halogens is 1. The number of nitrogens with one attached hydrogen (secondary N) is 1. The van der Waals surface area contributed by atoms with E-state index in [1.54, 1.807) is 19.1 Å². The van der Waals surface area contributed by atoms with Crippen LogP contribution in [-0.2, 0) is 4.79 Å². The Hall–Kier alpha value is -1.75. The van der Waals surface area contributed by atoms with E-state index in [-0.39, 0.29) is 5.82 Å². The van der Waals surface area contributed by atoms with Crippen LogP contribution in [0.4, 0.5) is 4.39 Å². The van der Waals surface area contributed by atoms with Gasteiger partial charge in [-0.05, 0) is 38.5 Å². The lowest BCUT2D eigenvalue weighted by molar-refractivity contribution is -0.136. The van der Waals surface area contributed by atoms with E-state index in [0.717, 1.165) is 0 Å². The van der Waals surface area contributed by atoms with Gasteiger partial charge in [0.05, 0.1) is 5.71 Å². The predicted molar refractivity (Wildman–Crippen MR) is 63.1 cm³/mol. The van der Waals surface area contributed by atoms with E-state index in [4.69, 9.17) is 0 Å². The van der Waals surface area contributed by atoms with Crippen molar-refractivity contribution in [3.63, 3.8) is 0 Å². The normalized spacial score (nSPS) is 12.4. The summed E-state index contributed by atoms with van der Waals surface area (Å²) in [6.07, 6.45) is 0. The summed E-state index contributed by atoms with van der Waals surface area (Å²) in [5.41, 5.74) is 1.99. The highest BCUT2D eigenvalue weighted by molar-refractivity contribution is 5.99. The van der Waals surface area contributed by atoms with Crippen molar-refractivity contribution in [1.82, 2.24) is 5.43 Å². The maximum Gasteiger partial charge on any atom is 0.271 e. The van der Waals surface area contributed by atoms with Crippen LogP contribution in [0.5, 0.6) is 0 Å². The molecule has 0 aromatic heterocycles. The Morgan fingerprint density at radius 2 is 1.88 bits per heavy atom. The van der Waals surface area contributed by atoms with E-state index in [2.05, 4.69) is 10.5 Å². The monoisotopic (exact) mass is 238 g/mol. The molecular formula is C12H15FN2O2. The van der Waals surface area contributed by atoms with Crippen LogP contribution in [0.3, 0.4) is 0 Å². The summed E-state index contributed by atoms with van der Waals surface area (Å²) < 4.78 is 12.7. The first kappa shape index (κ1) is 13.3. The Morgan fingerprint density at radius 1 is 1.35 bits per heavy atom. The molecule has 0 radical (unpaired) electrons. The lowest BCUT2D eigenvalue weighted by Crippen LogP contribution is -2.39. The third-order valence-corrected chi connectivity index (χ3v) is 2.14. The quantitative estimate of drug-likeness (QED) is 0.618. The zero-order valence-electron chi connectivity index (χ0n) is 9.99. The minimum Gasteiger partial charge on any atom is -0.381 e. The van der Waals surface area contributed by atoms with Crippen LogP contribution >= 0.6 is 0 Å². The summed E-state index contributed by atoms with van der Waals surface area (Å²) in [6, 6.07) is 5.74. The second kappa shape index (κ2) is 5.05. The summed E-state index contributed by atoms with van der Waals surface area (Å²) in [5.74, 6) is -0.930. The molecule has 0 bridgehead atoms. The maximum absolute atomic E-state index is 12.7. The Bertz CT molecular complexity index is 433. The van der Waals surface area contributed by atoms with E-state index < -0.39 is 11.5 Å². The summed E-state index contributed by atoms with van der Waals surface area (Å²) in [4.78, 5) is 11.3. The molecule has 0 saturated carbocycles. The molecular weight excluding hydrogens is 223 g/mol. The fourth-order valence-corrected chi connectivity index (χ4v) is 1.03. The molecule has 2 N–H and O–H groups in total. The van der Waals surface area contributed by atoms with Crippen LogP contribution in [-0.4, -0.2) is 22.3 Å². The molecule has 0 aliphatic rings. The van der Waals surface area contributed by atoms with E-state index in [0.29, 0.717) is 11.3 Å². The molecule has 0 aliphatic heterocycles. The summed E-state index contributed by atoms with van der Waals surface area (Å²) >= 11 is 0. The minimum absolute atomic E-state index is 0.331. The fraction of sp³-hybridized carbons (Fsp3) is 0.333. The molecule has 0 atom stereocenters. The third-order valence-electron chi connectivity index (χ3n) is 2.14. The summed E-state index contributed by atoms with van der Waals surface area (Å²) in [6.45, 7) is 4.41. The molecule has 1 aromatic rings. The molecule has 0 spiro atoms. The Labute approximate surface area is 99.2 Å². The van der Waals surface area contributed by atoms with Crippen molar-refractivity contribution < 1.29 is 14.3 Å². The van der Waals surface area contributed by atoms with Crippen molar-refractivity contribution in [2.24, 2.45) is 5.10 Å². The van der Waals surface area contributed by atoms with Crippen LogP contribution < -0.4 is 5.43 Å². The number of amides is 1. The summed E-state index contributed by atoms with van der Waals surface area (Å²) in [5, 5.41) is 13.2. The average Bonchev–Trinajstić information content (AvgIpc) is 2.25. The lowest BCUT2D eigenvalue weighted by Gasteiger charge is -2.14. The number of rotatable bonds is 3.